The molecule has 1 saturated heterocycles. The molecule has 0 radical (unpaired) electrons. The zero-order valence-corrected chi connectivity index (χ0v) is 11.6. The Labute approximate surface area is 117 Å². The molecule has 0 atom stereocenters. The van der Waals surface area contributed by atoms with Crippen molar-refractivity contribution in [2.45, 2.75) is 32.7 Å². The van der Waals surface area contributed by atoms with Crippen LogP contribution in [-0.4, -0.2) is 28.8 Å². The number of rotatable bonds is 6. The molecule has 0 bridgehead atoms. The summed E-state index contributed by atoms with van der Waals surface area (Å²) >= 11 is 0. The summed E-state index contributed by atoms with van der Waals surface area (Å²) in [5.41, 5.74) is 1.74. The number of hydrogen-bond donors (Lipinski definition) is 1. The Hall–Kier alpha value is -2.11. The third-order valence-electron chi connectivity index (χ3n) is 3.40. The van der Waals surface area contributed by atoms with E-state index in [2.05, 4.69) is 12.2 Å². The molecule has 0 spiro atoms. The van der Waals surface area contributed by atoms with Crippen LogP contribution in [0.15, 0.2) is 18.2 Å². The number of non-ortho nitro benzene ring substituents is 1. The average molecular weight is 277 g/mol. The summed E-state index contributed by atoms with van der Waals surface area (Å²) in [6.45, 7) is 4.03. The van der Waals surface area contributed by atoms with Crippen LogP contribution in [0.1, 0.15) is 31.7 Å². The fourth-order valence-corrected chi connectivity index (χ4v) is 2.33. The Balaban J connectivity index is 2.23. The summed E-state index contributed by atoms with van der Waals surface area (Å²) in [6.07, 6.45) is 2.41. The highest BCUT2D eigenvalue weighted by atomic mass is 16.6. The lowest BCUT2D eigenvalue weighted by atomic mass is 10.1. The van der Waals surface area contributed by atoms with Crippen molar-refractivity contribution in [1.82, 2.24) is 4.90 Å². The number of likely N-dealkylation sites (tertiary alicyclic amines) is 1. The molecule has 1 aromatic carbocycles. The van der Waals surface area contributed by atoms with Crippen LogP contribution in [0.2, 0.25) is 0 Å². The van der Waals surface area contributed by atoms with Gasteiger partial charge in [-0.25, -0.2) is 0 Å². The van der Waals surface area contributed by atoms with Crippen molar-refractivity contribution in [1.29, 1.82) is 0 Å². The Bertz CT molecular complexity index is 516. The van der Waals surface area contributed by atoms with E-state index in [4.69, 9.17) is 0 Å². The smallest absolute Gasteiger partial charge is 0.269 e. The molecule has 1 N–H and O–H groups in total. The van der Waals surface area contributed by atoms with E-state index in [1.54, 1.807) is 17.0 Å². The molecule has 1 aliphatic rings. The van der Waals surface area contributed by atoms with Gasteiger partial charge >= 0.3 is 0 Å². The van der Waals surface area contributed by atoms with Crippen molar-refractivity contribution < 1.29 is 9.72 Å². The Morgan fingerprint density at radius 3 is 2.85 bits per heavy atom. The van der Waals surface area contributed by atoms with Crippen LogP contribution in [0.5, 0.6) is 0 Å². The third-order valence-corrected chi connectivity index (χ3v) is 3.40. The standard InChI is InChI=1S/C14H19N3O3/c1-2-7-15-13-6-5-12(17(19)20)9-11(13)10-16-8-3-4-14(16)18/h5-6,9,15H,2-4,7-8,10H2,1H3. The number of nitro groups is 1. The summed E-state index contributed by atoms with van der Waals surface area (Å²) < 4.78 is 0. The fourth-order valence-electron chi connectivity index (χ4n) is 2.33. The van der Waals surface area contributed by atoms with Crippen molar-refractivity contribution in [2.24, 2.45) is 0 Å². The van der Waals surface area contributed by atoms with E-state index in [9.17, 15) is 14.9 Å². The molecule has 2 rings (SSSR count). The molecule has 0 aliphatic carbocycles. The van der Waals surface area contributed by atoms with E-state index < -0.39 is 4.92 Å². The Morgan fingerprint density at radius 1 is 1.45 bits per heavy atom. The zero-order valence-electron chi connectivity index (χ0n) is 11.6. The van der Waals surface area contributed by atoms with Gasteiger partial charge in [-0.05, 0) is 18.9 Å². The number of anilines is 1. The first-order chi connectivity index (χ1) is 9.61. The topological polar surface area (TPSA) is 75.5 Å². The summed E-state index contributed by atoms with van der Waals surface area (Å²) in [4.78, 5) is 23.9. The summed E-state index contributed by atoms with van der Waals surface area (Å²) in [6, 6.07) is 4.78. The molecule has 1 aromatic rings. The fraction of sp³-hybridized carbons (Fsp3) is 0.500. The molecule has 108 valence electrons. The number of nitrogens with one attached hydrogen (secondary N) is 1. The number of benzene rings is 1. The number of hydrogen-bond acceptors (Lipinski definition) is 4. The van der Waals surface area contributed by atoms with Gasteiger partial charge in [-0.1, -0.05) is 6.92 Å². The van der Waals surface area contributed by atoms with Crippen LogP contribution >= 0.6 is 0 Å². The molecule has 20 heavy (non-hydrogen) atoms. The summed E-state index contributed by atoms with van der Waals surface area (Å²) in [5, 5.41) is 14.1. The van der Waals surface area contributed by atoms with Crippen molar-refractivity contribution in [2.75, 3.05) is 18.4 Å². The normalized spacial score (nSPS) is 14.7. The third kappa shape index (κ3) is 3.26. The highest BCUT2D eigenvalue weighted by Crippen LogP contribution is 2.25. The predicted octanol–water partition coefficient (Wildman–Crippen LogP) is 2.54. The van der Waals surface area contributed by atoms with Gasteiger partial charge in [-0.3, -0.25) is 14.9 Å². The van der Waals surface area contributed by atoms with Gasteiger partial charge in [-0.15, -0.1) is 0 Å². The summed E-state index contributed by atoms with van der Waals surface area (Å²) in [5.74, 6) is 0.123. The number of carbonyl (C=O) groups excluding carboxylic acids is 1. The lowest BCUT2D eigenvalue weighted by Gasteiger charge is -2.18. The number of amides is 1. The highest BCUT2D eigenvalue weighted by molar-refractivity contribution is 5.78. The molecule has 0 aromatic heterocycles. The molecule has 1 fully saturated rings. The van der Waals surface area contributed by atoms with Crippen LogP contribution < -0.4 is 5.32 Å². The van der Waals surface area contributed by atoms with Crippen LogP contribution in [0, 0.1) is 10.1 Å². The maximum atomic E-state index is 11.7. The first-order valence-electron chi connectivity index (χ1n) is 6.90. The summed E-state index contributed by atoms with van der Waals surface area (Å²) in [7, 11) is 0. The van der Waals surface area contributed by atoms with E-state index in [0.29, 0.717) is 13.0 Å². The molecule has 1 aliphatic heterocycles. The van der Waals surface area contributed by atoms with Gasteiger partial charge in [0.2, 0.25) is 5.91 Å². The minimum Gasteiger partial charge on any atom is -0.385 e. The number of carbonyl (C=O) groups is 1. The minimum absolute atomic E-state index is 0.0636. The molecule has 1 amide bonds. The molecule has 6 heteroatoms. The number of nitrogens with zero attached hydrogens (tertiary/aromatic N) is 2. The first-order valence-corrected chi connectivity index (χ1v) is 6.90. The van der Waals surface area contributed by atoms with Gasteiger partial charge in [0.1, 0.15) is 0 Å². The van der Waals surface area contributed by atoms with Crippen molar-refractivity contribution >= 4 is 17.3 Å². The maximum Gasteiger partial charge on any atom is 0.269 e. The largest absolute Gasteiger partial charge is 0.385 e. The van der Waals surface area contributed by atoms with Gasteiger partial charge in [-0.2, -0.15) is 0 Å². The van der Waals surface area contributed by atoms with Gasteiger partial charge < -0.3 is 10.2 Å². The van der Waals surface area contributed by atoms with Gasteiger partial charge in [0.25, 0.3) is 5.69 Å². The Morgan fingerprint density at radius 2 is 2.25 bits per heavy atom. The second-order valence-corrected chi connectivity index (χ2v) is 4.94. The van der Waals surface area contributed by atoms with Crippen molar-refractivity contribution in [3.05, 3.63) is 33.9 Å². The molecular formula is C14H19N3O3. The second-order valence-electron chi connectivity index (χ2n) is 4.94. The van der Waals surface area contributed by atoms with Crippen LogP contribution in [-0.2, 0) is 11.3 Å². The van der Waals surface area contributed by atoms with Crippen LogP contribution in [0.4, 0.5) is 11.4 Å². The van der Waals surface area contributed by atoms with Crippen LogP contribution in [0.25, 0.3) is 0 Å². The molecule has 0 saturated carbocycles. The second kappa shape index (κ2) is 6.36. The average Bonchev–Trinajstić information content (AvgIpc) is 2.82. The van der Waals surface area contributed by atoms with E-state index in [0.717, 1.165) is 37.2 Å². The lowest BCUT2D eigenvalue weighted by Crippen LogP contribution is -2.24. The number of nitro benzene ring substituents is 1. The minimum atomic E-state index is -0.404. The maximum absolute atomic E-state index is 11.7. The first kappa shape index (κ1) is 14.3. The van der Waals surface area contributed by atoms with Gasteiger partial charge in [0.15, 0.2) is 0 Å². The van der Waals surface area contributed by atoms with Gasteiger partial charge in [0.05, 0.1) is 4.92 Å². The quantitative estimate of drug-likeness (QED) is 0.640. The van der Waals surface area contributed by atoms with Crippen molar-refractivity contribution in [3.8, 4) is 0 Å². The van der Waals surface area contributed by atoms with E-state index in [1.165, 1.54) is 6.07 Å². The molecular weight excluding hydrogens is 258 g/mol. The predicted molar refractivity (Wildman–Crippen MR) is 76.5 cm³/mol. The highest BCUT2D eigenvalue weighted by Gasteiger charge is 2.22. The molecule has 6 nitrogen and oxygen atoms in total. The van der Waals surface area contributed by atoms with Crippen LogP contribution in [0.3, 0.4) is 0 Å². The lowest BCUT2D eigenvalue weighted by molar-refractivity contribution is -0.384. The van der Waals surface area contributed by atoms with E-state index in [-0.39, 0.29) is 11.6 Å². The van der Waals surface area contributed by atoms with Gasteiger partial charge in [0, 0.05) is 49.4 Å². The van der Waals surface area contributed by atoms with E-state index in [1.807, 2.05) is 0 Å². The monoisotopic (exact) mass is 277 g/mol. The Kier molecular flexibility index (Phi) is 4.55. The zero-order chi connectivity index (χ0) is 14.5. The molecule has 0 unspecified atom stereocenters. The van der Waals surface area contributed by atoms with Crippen molar-refractivity contribution in [3.63, 3.8) is 0 Å². The molecule has 1 heterocycles. The van der Waals surface area contributed by atoms with E-state index >= 15 is 0 Å². The SMILES string of the molecule is CCCNc1ccc([N+](=O)[O-])cc1CN1CCCC1=O.